The van der Waals surface area contributed by atoms with Gasteiger partial charge in [-0.3, -0.25) is 0 Å². The van der Waals surface area contributed by atoms with E-state index in [-0.39, 0.29) is 0 Å². The zero-order chi connectivity index (χ0) is 10.1. The lowest BCUT2D eigenvalue weighted by Crippen LogP contribution is -2.08. The summed E-state index contributed by atoms with van der Waals surface area (Å²) >= 11 is 0. The van der Waals surface area contributed by atoms with Crippen molar-refractivity contribution in [2.75, 3.05) is 0 Å². The fourth-order valence-electron chi connectivity index (χ4n) is 2.62. The Kier molecular flexibility index (Phi) is 3.00. The molecule has 0 aromatic rings. The average molecular weight is 178 g/mol. The highest BCUT2D eigenvalue weighted by atomic mass is 14.3. The summed E-state index contributed by atoms with van der Waals surface area (Å²) in [5, 5.41) is 0. The number of allylic oxidation sites excluding steroid dienone is 4. The Balaban J connectivity index is 3.12. The van der Waals surface area contributed by atoms with Gasteiger partial charge in [-0.15, -0.1) is 0 Å². The van der Waals surface area contributed by atoms with Gasteiger partial charge in [0.05, 0.1) is 0 Å². The van der Waals surface area contributed by atoms with E-state index in [0.29, 0.717) is 5.41 Å². The van der Waals surface area contributed by atoms with Crippen molar-refractivity contribution in [2.45, 2.75) is 53.9 Å². The highest BCUT2D eigenvalue weighted by molar-refractivity contribution is 5.47. The van der Waals surface area contributed by atoms with E-state index in [2.05, 4.69) is 40.7 Å². The van der Waals surface area contributed by atoms with Crippen LogP contribution in [0, 0.1) is 5.41 Å². The van der Waals surface area contributed by atoms with E-state index in [9.17, 15) is 0 Å². The lowest BCUT2D eigenvalue weighted by Gasteiger charge is -2.20. The maximum absolute atomic E-state index is 2.46. The molecule has 13 heavy (non-hydrogen) atoms. The fraction of sp³-hybridized carbons (Fsp3) is 0.692. The Hall–Kier alpha value is -0.520. The Morgan fingerprint density at radius 1 is 1.00 bits per heavy atom. The van der Waals surface area contributed by atoms with Gasteiger partial charge in [-0.1, -0.05) is 46.3 Å². The van der Waals surface area contributed by atoms with Gasteiger partial charge in [-0.25, -0.2) is 0 Å². The van der Waals surface area contributed by atoms with Gasteiger partial charge in [0.25, 0.3) is 0 Å². The monoisotopic (exact) mass is 178 g/mol. The standard InChI is InChI=1S/C13H22/c1-6-10-9-13(4,5)12(8-3)11(10)7-2/h9H,6-8H2,1-5H3. The second kappa shape index (κ2) is 3.69. The first-order valence-electron chi connectivity index (χ1n) is 5.51. The smallest absolute Gasteiger partial charge is 0.00459 e. The molecule has 1 aliphatic rings. The van der Waals surface area contributed by atoms with E-state index in [1.807, 2.05) is 0 Å². The van der Waals surface area contributed by atoms with Crippen molar-refractivity contribution >= 4 is 0 Å². The van der Waals surface area contributed by atoms with Crippen molar-refractivity contribution in [1.82, 2.24) is 0 Å². The molecule has 0 spiro atoms. The minimum Gasteiger partial charge on any atom is -0.0713 e. The highest BCUT2D eigenvalue weighted by Gasteiger charge is 2.29. The largest absolute Gasteiger partial charge is 0.0713 e. The van der Waals surface area contributed by atoms with E-state index < -0.39 is 0 Å². The Labute approximate surface area is 82.7 Å². The molecule has 0 saturated carbocycles. The van der Waals surface area contributed by atoms with Gasteiger partial charge in [-0.05, 0) is 30.4 Å². The minimum atomic E-state index is 0.325. The number of rotatable bonds is 3. The van der Waals surface area contributed by atoms with Gasteiger partial charge in [-0.2, -0.15) is 0 Å². The molecule has 1 aliphatic carbocycles. The molecule has 0 saturated heterocycles. The van der Waals surface area contributed by atoms with Crippen molar-refractivity contribution in [3.63, 3.8) is 0 Å². The van der Waals surface area contributed by atoms with Crippen LogP contribution in [0.25, 0.3) is 0 Å². The van der Waals surface area contributed by atoms with E-state index >= 15 is 0 Å². The molecule has 0 aromatic carbocycles. The van der Waals surface area contributed by atoms with Crippen LogP contribution in [0.3, 0.4) is 0 Å². The maximum Gasteiger partial charge on any atom is 0.00459 e. The quantitative estimate of drug-likeness (QED) is 0.597. The van der Waals surface area contributed by atoms with Crippen molar-refractivity contribution in [3.05, 3.63) is 22.8 Å². The summed E-state index contributed by atoms with van der Waals surface area (Å²) in [6, 6.07) is 0. The maximum atomic E-state index is 2.46. The summed E-state index contributed by atoms with van der Waals surface area (Å²) < 4.78 is 0. The molecule has 0 bridgehead atoms. The van der Waals surface area contributed by atoms with Gasteiger partial charge in [0.1, 0.15) is 0 Å². The predicted molar refractivity (Wildman–Crippen MR) is 59.8 cm³/mol. The topological polar surface area (TPSA) is 0 Å². The molecule has 0 fully saturated rings. The van der Waals surface area contributed by atoms with Crippen LogP contribution in [0.2, 0.25) is 0 Å². The van der Waals surface area contributed by atoms with Gasteiger partial charge < -0.3 is 0 Å². The van der Waals surface area contributed by atoms with E-state index in [1.54, 1.807) is 16.7 Å². The fourth-order valence-corrected chi connectivity index (χ4v) is 2.62. The van der Waals surface area contributed by atoms with Gasteiger partial charge >= 0.3 is 0 Å². The van der Waals surface area contributed by atoms with Crippen LogP contribution in [-0.2, 0) is 0 Å². The predicted octanol–water partition coefficient (Wildman–Crippen LogP) is 4.48. The third-order valence-electron chi connectivity index (χ3n) is 3.15. The van der Waals surface area contributed by atoms with Crippen LogP contribution in [0.4, 0.5) is 0 Å². The molecule has 1 rings (SSSR count). The van der Waals surface area contributed by atoms with E-state index in [4.69, 9.17) is 0 Å². The number of hydrogen-bond donors (Lipinski definition) is 0. The molecule has 0 aromatic heterocycles. The van der Waals surface area contributed by atoms with Gasteiger partial charge in [0, 0.05) is 5.41 Å². The van der Waals surface area contributed by atoms with Crippen LogP contribution in [0.15, 0.2) is 22.8 Å². The molecule has 0 N–H and O–H groups in total. The van der Waals surface area contributed by atoms with Crippen LogP contribution < -0.4 is 0 Å². The Morgan fingerprint density at radius 2 is 1.62 bits per heavy atom. The molecule has 0 nitrogen and oxygen atoms in total. The first kappa shape index (κ1) is 10.6. The molecule has 0 heterocycles. The lowest BCUT2D eigenvalue weighted by molar-refractivity contribution is 0.565. The van der Waals surface area contributed by atoms with E-state index in [1.165, 1.54) is 19.3 Å². The van der Waals surface area contributed by atoms with Crippen molar-refractivity contribution in [3.8, 4) is 0 Å². The summed E-state index contributed by atoms with van der Waals surface area (Å²) in [7, 11) is 0. The lowest BCUT2D eigenvalue weighted by atomic mass is 9.84. The summed E-state index contributed by atoms with van der Waals surface area (Å²) in [5.41, 5.74) is 5.21. The number of hydrogen-bond acceptors (Lipinski definition) is 0. The molecule has 0 atom stereocenters. The summed E-state index contributed by atoms with van der Waals surface area (Å²) in [5.74, 6) is 0. The Bertz CT molecular complexity index is 251. The van der Waals surface area contributed by atoms with Gasteiger partial charge in [0.2, 0.25) is 0 Å². The zero-order valence-electron chi connectivity index (χ0n) is 9.70. The Morgan fingerprint density at radius 3 is 2.00 bits per heavy atom. The van der Waals surface area contributed by atoms with Gasteiger partial charge in [0.15, 0.2) is 0 Å². The SMILES string of the molecule is CCC1=CC(C)(C)C(CC)=C1CC. The molecular formula is C13H22. The molecule has 0 heteroatoms. The molecule has 0 aliphatic heterocycles. The molecule has 74 valence electrons. The summed E-state index contributed by atoms with van der Waals surface area (Å²) in [4.78, 5) is 0. The third kappa shape index (κ3) is 1.72. The van der Waals surface area contributed by atoms with Crippen LogP contribution in [0.5, 0.6) is 0 Å². The van der Waals surface area contributed by atoms with Crippen molar-refractivity contribution < 1.29 is 0 Å². The normalized spacial score (nSPS) is 20.8. The first-order valence-corrected chi connectivity index (χ1v) is 5.51. The van der Waals surface area contributed by atoms with Crippen LogP contribution in [-0.4, -0.2) is 0 Å². The van der Waals surface area contributed by atoms with Crippen LogP contribution in [0.1, 0.15) is 53.9 Å². The average Bonchev–Trinajstić information content (AvgIpc) is 2.35. The molecule has 0 unspecified atom stereocenters. The van der Waals surface area contributed by atoms with Crippen LogP contribution >= 0.6 is 0 Å². The van der Waals surface area contributed by atoms with Crippen molar-refractivity contribution in [1.29, 1.82) is 0 Å². The van der Waals surface area contributed by atoms with Crippen molar-refractivity contribution in [2.24, 2.45) is 5.41 Å². The molecule has 0 radical (unpaired) electrons. The minimum absolute atomic E-state index is 0.325. The van der Waals surface area contributed by atoms with E-state index in [0.717, 1.165) is 0 Å². The second-order valence-corrected chi connectivity index (χ2v) is 4.41. The highest BCUT2D eigenvalue weighted by Crippen LogP contribution is 2.44. The third-order valence-corrected chi connectivity index (χ3v) is 3.15. The summed E-state index contributed by atoms with van der Waals surface area (Å²) in [6.45, 7) is 11.5. The first-order chi connectivity index (χ1) is 6.06. The zero-order valence-corrected chi connectivity index (χ0v) is 9.70. The molecule has 0 amide bonds. The molecular weight excluding hydrogens is 156 g/mol. The second-order valence-electron chi connectivity index (χ2n) is 4.41. The summed E-state index contributed by atoms with van der Waals surface area (Å²) in [6.07, 6.45) is 6.06.